The monoisotopic (exact) mass is 1620 g/mol. The third-order valence-corrected chi connectivity index (χ3v) is 15.9. The van der Waals surface area contributed by atoms with Crippen LogP contribution < -0.4 is 20.8 Å². The van der Waals surface area contributed by atoms with E-state index in [-0.39, 0.29) is 68.4 Å². The predicted molar refractivity (Wildman–Crippen MR) is 396 cm³/mol. The molecule has 10 rings (SSSR count). The van der Waals surface area contributed by atoms with Crippen molar-refractivity contribution in [3.05, 3.63) is 311 Å². The van der Waals surface area contributed by atoms with E-state index < -0.39 is 146 Å². The number of unbranched alkanes of at least 4 members (excludes halogenated alkanes) is 2. The number of ether oxygens (including phenoxy) is 10. The van der Waals surface area contributed by atoms with E-state index in [0.29, 0.717) is 24.3 Å². The van der Waals surface area contributed by atoms with Gasteiger partial charge in [0.2, 0.25) is 24.4 Å². The molecule has 0 bridgehead atoms. The SMILES string of the molecule is CCCC.CCCC.O=C([O-])/C=C\C(=O)N[C@H]1[C@H](OC(=O)c2ccccc2)O[C@H](COC(=O)c2ccccc2)[C@@H](OC(=O)c2ccccc2)[C@@H]1OC(=O)c1ccccc1.O=C([O-])/C=C\C(=O)N[C@H]1[C@H](OC(=O)c2ccccc2)O[C@H](COC(=O)c2ccccc2)[C@@H](OC(=O)c2ccccc2)[C@@H]1OC(=O)c1ccccc1.[Sn+2]. The van der Waals surface area contributed by atoms with Crippen LogP contribution in [0.1, 0.15) is 136 Å². The summed E-state index contributed by atoms with van der Waals surface area (Å²) in [7, 11) is 0. The standard InChI is InChI=1S/2C38H31NO12.2C4H10.Sn/c2*40-29(21-22-30(41)42)39-31-33(50-36(45)26-17-9-3-10-18-26)32(49-35(44)25-15-7-2-8-16-25)28(23-47-34(43)24-13-5-1-6-14-24)48-38(31)51-37(46)27-19-11-4-12-20-27;2*1-3-4-2;/h2*1-22,28,31-33,38H,23H2,(H,39,40)(H,41,42);2*3-4H2,1-2H3;/q;;;;+2/p-2/b2*22-21-;;;/t2*28-,31-,32-,33-,38+;;;/m11.../s1. The molecule has 2 N–H and O–H groups in total. The molecular weight excluding hydrogens is 1540 g/mol. The Morgan fingerprint density at radius 3 is 0.703 bits per heavy atom. The van der Waals surface area contributed by atoms with Crippen LogP contribution in [0.3, 0.4) is 0 Å². The number of carbonyl (C=O) groups excluding carboxylic acids is 12. The van der Waals surface area contributed by atoms with Crippen molar-refractivity contribution in [3.63, 3.8) is 0 Å². The zero-order valence-corrected chi connectivity index (χ0v) is 63.6. The van der Waals surface area contributed by atoms with Gasteiger partial charge in [0, 0.05) is 12.2 Å². The van der Waals surface area contributed by atoms with E-state index in [2.05, 4.69) is 38.3 Å². The number of carboxylic acid groups (broad SMARTS) is 2. The molecule has 0 aliphatic carbocycles. The molecule has 0 saturated carbocycles. The molecule has 0 aromatic heterocycles. The van der Waals surface area contributed by atoms with Gasteiger partial charge >= 0.3 is 71.7 Å². The second-order valence-electron chi connectivity index (χ2n) is 23.9. The molecule has 2 radical (unpaired) electrons. The van der Waals surface area contributed by atoms with E-state index in [4.69, 9.17) is 47.4 Å². The number of hydrogen-bond donors (Lipinski definition) is 2. The quantitative estimate of drug-likeness (QED) is 0.0222. The van der Waals surface area contributed by atoms with Crippen molar-refractivity contribution in [1.82, 2.24) is 10.6 Å². The smallest absolute Gasteiger partial charge is 0.545 e. The number of aliphatic carboxylic acids is 2. The molecule has 8 aromatic rings. The van der Waals surface area contributed by atoms with Crippen molar-refractivity contribution < 1.29 is 115 Å². The number of carboxylic acids is 2. The van der Waals surface area contributed by atoms with Gasteiger partial charge in [-0.1, -0.05) is 199 Å². The van der Waals surface area contributed by atoms with Crippen LogP contribution in [-0.2, 0) is 66.5 Å². The first kappa shape index (κ1) is 87.5. The van der Waals surface area contributed by atoms with E-state index in [1.165, 1.54) is 123 Å². The van der Waals surface area contributed by atoms with Crippen molar-refractivity contribution in [3.8, 4) is 0 Å². The number of nitrogens with one attached hydrogen (secondary N) is 2. The fraction of sp³-hybridized carbons (Fsp3) is 0.238. The van der Waals surface area contributed by atoms with Crippen LogP contribution in [0.2, 0.25) is 0 Å². The van der Waals surface area contributed by atoms with Crippen molar-refractivity contribution in [1.29, 1.82) is 0 Å². The minimum atomic E-state index is -1.78. The van der Waals surface area contributed by atoms with E-state index in [0.717, 1.165) is 0 Å². The van der Waals surface area contributed by atoms with Crippen LogP contribution in [0.15, 0.2) is 267 Å². The van der Waals surface area contributed by atoms with Gasteiger partial charge in [0.25, 0.3) is 0 Å². The molecule has 2 aliphatic heterocycles. The van der Waals surface area contributed by atoms with Crippen molar-refractivity contribution in [2.24, 2.45) is 0 Å². The Morgan fingerprint density at radius 1 is 0.297 bits per heavy atom. The van der Waals surface area contributed by atoms with Crippen LogP contribution in [0, 0.1) is 0 Å². The summed E-state index contributed by atoms with van der Waals surface area (Å²) in [5, 5.41) is 27.0. The number of benzene rings is 8. The minimum Gasteiger partial charge on any atom is -0.545 e. The Morgan fingerprint density at radius 2 is 0.495 bits per heavy atom. The van der Waals surface area contributed by atoms with Crippen molar-refractivity contribution >= 4 is 95.4 Å². The largest absolute Gasteiger partial charge is 2.00 e. The molecular formula is C84H80N2O24Sn. The number of amides is 2. The van der Waals surface area contributed by atoms with Gasteiger partial charge in [-0.15, -0.1) is 0 Å². The van der Waals surface area contributed by atoms with Crippen molar-refractivity contribution in [2.45, 2.75) is 115 Å². The summed E-state index contributed by atoms with van der Waals surface area (Å²) in [5.74, 6) is -12.5. The Hall–Kier alpha value is -12.4. The van der Waals surface area contributed by atoms with E-state index >= 15 is 0 Å². The summed E-state index contributed by atoms with van der Waals surface area (Å²) >= 11 is 0. The van der Waals surface area contributed by atoms with Crippen LogP contribution in [-0.4, -0.2) is 170 Å². The maximum absolute atomic E-state index is 13.6. The molecule has 26 nitrogen and oxygen atoms in total. The third kappa shape index (κ3) is 28.3. The molecule has 574 valence electrons. The first-order valence-corrected chi connectivity index (χ1v) is 34.9. The minimum absolute atomic E-state index is 0. The number of esters is 8. The predicted octanol–water partition coefficient (Wildman–Crippen LogP) is 8.57. The van der Waals surface area contributed by atoms with E-state index in [1.54, 1.807) is 146 Å². The van der Waals surface area contributed by atoms with E-state index in [1.807, 2.05) is 0 Å². The fourth-order valence-corrected chi connectivity index (χ4v) is 10.0. The summed E-state index contributed by atoms with van der Waals surface area (Å²) < 4.78 is 58.3. The second-order valence-corrected chi connectivity index (χ2v) is 23.9. The summed E-state index contributed by atoms with van der Waals surface area (Å²) in [6.07, 6.45) is -5.65. The van der Waals surface area contributed by atoms with Gasteiger partial charge in [0.05, 0.1) is 56.4 Å². The Labute approximate surface area is 656 Å². The summed E-state index contributed by atoms with van der Waals surface area (Å²) in [6.45, 7) is 7.51. The Balaban J connectivity index is 0.000000313. The molecule has 8 aromatic carbocycles. The van der Waals surface area contributed by atoms with Crippen LogP contribution >= 0.6 is 0 Å². The first-order valence-electron chi connectivity index (χ1n) is 34.9. The van der Waals surface area contributed by atoms with Gasteiger partial charge in [-0.3, -0.25) is 9.59 Å². The third-order valence-electron chi connectivity index (χ3n) is 15.9. The van der Waals surface area contributed by atoms with Gasteiger partial charge in [0.15, 0.2) is 24.4 Å². The molecule has 111 heavy (non-hydrogen) atoms. The molecule has 2 amide bonds. The van der Waals surface area contributed by atoms with Gasteiger partial charge in [0.1, 0.15) is 37.5 Å². The summed E-state index contributed by atoms with van der Waals surface area (Å²) in [6, 6.07) is 59.2. The van der Waals surface area contributed by atoms with Gasteiger partial charge < -0.3 is 77.8 Å². The average molecular weight is 1620 g/mol. The maximum atomic E-state index is 13.6. The average Bonchev–Trinajstić information content (AvgIpc) is 0.780. The molecule has 10 atom stereocenters. The number of rotatable bonds is 26. The fourth-order valence-electron chi connectivity index (χ4n) is 10.0. The molecule has 27 heteroatoms. The normalized spacial score (nSPS) is 18.6. The number of hydrogen-bond acceptors (Lipinski definition) is 24. The zero-order valence-electron chi connectivity index (χ0n) is 60.7. The molecule has 2 aliphatic rings. The molecule has 2 saturated heterocycles. The van der Waals surface area contributed by atoms with Gasteiger partial charge in [-0.25, -0.2) is 38.4 Å². The molecule has 0 unspecified atom stereocenters. The molecule has 0 spiro atoms. The van der Waals surface area contributed by atoms with Crippen LogP contribution in [0.4, 0.5) is 0 Å². The Bertz CT molecular complexity index is 4090. The van der Waals surface area contributed by atoms with Crippen LogP contribution in [0.5, 0.6) is 0 Å². The Kier molecular flexibility index (Phi) is 36.8. The summed E-state index contributed by atoms with van der Waals surface area (Å²) in [4.78, 5) is 155. The van der Waals surface area contributed by atoms with Crippen molar-refractivity contribution in [2.75, 3.05) is 13.2 Å². The van der Waals surface area contributed by atoms with Gasteiger partial charge in [-0.05, 0) is 109 Å². The topological polar surface area (TPSA) is 367 Å². The number of carbonyl (C=O) groups is 12. The van der Waals surface area contributed by atoms with E-state index in [9.17, 15) is 67.7 Å². The molecule has 2 heterocycles. The summed E-state index contributed by atoms with van der Waals surface area (Å²) in [5.41, 5.74) is 0.899. The maximum Gasteiger partial charge on any atom is 2.00 e. The second kappa shape index (κ2) is 46.7. The first-order chi connectivity index (χ1) is 53.2. The van der Waals surface area contributed by atoms with Gasteiger partial charge in [-0.2, -0.15) is 0 Å². The zero-order chi connectivity index (χ0) is 79.2. The molecule has 2 fully saturated rings. The van der Waals surface area contributed by atoms with Crippen LogP contribution in [0.25, 0.3) is 0 Å².